The molecule has 0 saturated heterocycles. The summed E-state index contributed by atoms with van der Waals surface area (Å²) in [7, 11) is 0. The van der Waals surface area contributed by atoms with Crippen molar-refractivity contribution in [1.29, 1.82) is 0 Å². The number of hydrogen-bond donors (Lipinski definition) is 1. The van der Waals surface area contributed by atoms with Gasteiger partial charge < -0.3 is 5.32 Å². The minimum absolute atomic E-state index is 0.732. The lowest BCUT2D eigenvalue weighted by Gasteiger charge is -2.09. The first-order chi connectivity index (χ1) is 9.74. The molecule has 0 aromatic carbocycles. The highest BCUT2D eigenvalue weighted by molar-refractivity contribution is 5.54. The van der Waals surface area contributed by atoms with Gasteiger partial charge in [0.1, 0.15) is 5.69 Å². The van der Waals surface area contributed by atoms with Crippen LogP contribution in [0.4, 0.5) is 0 Å². The lowest BCUT2D eigenvalue weighted by molar-refractivity contribution is 0.662. The summed E-state index contributed by atoms with van der Waals surface area (Å²) in [5, 5.41) is 3.38. The molecule has 0 radical (unpaired) electrons. The van der Waals surface area contributed by atoms with Crippen molar-refractivity contribution in [2.24, 2.45) is 0 Å². The van der Waals surface area contributed by atoms with Crippen molar-refractivity contribution in [2.45, 2.75) is 40.2 Å². The van der Waals surface area contributed by atoms with Crippen LogP contribution in [0, 0.1) is 6.92 Å². The molecule has 0 aliphatic carbocycles. The molecule has 2 heterocycles. The van der Waals surface area contributed by atoms with Crippen LogP contribution in [-0.2, 0) is 13.0 Å². The van der Waals surface area contributed by atoms with E-state index in [-0.39, 0.29) is 0 Å². The molecule has 0 unspecified atom stereocenters. The van der Waals surface area contributed by atoms with E-state index in [4.69, 9.17) is 0 Å². The molecule has 2 aromatic heterocycles. The molecule has 0 aliphatic heterocycles. The molecule has 0 atom stereocenters. The van der Waals surface area contributed by atoms with Crippen molar-refractivity contribution in [1.82, 2.24) is 20.3 Å². The minimum atomic E-state index is 0.732. The van der Waals surface area contributed by atoms with Gasteiger partial charge in [0.2, 0.25) is 0 Å². The second-order valence-electron chi connectivity index (χ2n) is 4.87. The Morgan fingerprint density at radius 2 is 2.05 bits per heavy atom. The topological polar surface area (TPSA) is 50.7 Å². The molecular formula is C16H22N4. The third kappa shape index (κ3) is 3.61. The van der Waals surface area contributed by atoms with E-state index in [1.807, 2.05) is 19.1 Å². The predicted octanol–water partition coefficient (Wildman–Crippen LogP) is 2.91. The fourth-order valence-corrected chi connectivity index (χ4v) is 2.15. The Hall–Kier alpha value is -1.81. The van der Waals surface area contributed by atoms with Gasteiger partial charge in [0, 0.05) is 18.4 Å². The van der Waals surface area contributed by atoms with Crippen molar-refractivity contribution in [3.05, 3.63) is 41.3 Å². The third-order valence-electron chi connectivity index (χ3n) is 3.12. The number of aromatic nitrogens is 3. The van der Waals surface area contributed by atoms with Gasteiger partial charge in [0.15, 0.2) is 5.82 Å². The van der Waals surface area contributed by atoms with Crippen molar-refractivity contribution >= 4 is 0 Å². The third-order valence-corrected chi connectivity index (χ3v) is 3.12. The quantitative estimate of drug-likeness (QED) is 0.820. The number of hydrogen-bond acceptors (Lipinski definition) is 4. The van der Waals surface area contributed by atoms with Gasteiger partial charge in [0.25, 0.3) is 0 Å². The van der Waals surface area contributed by atoms with Crippen molar-refractivity contribution in [2.75, 3.05) is 6.54 Å². The van der Waals surface area contributed by atoms with E-state index in [0.717, 1.165) is 48.8 Å². The first kappa shape index (κ1) is 14.6. The zero-order valence-corrected chi connectivity index (χ0v) is 12.5. The van der Waals surface area contributed by atoms with E-state index >= 15 is 0 Å². The zero-order chi connectivity index (χ0) is 14.4. The summed E-state index contributed by atoms with van der Waals surface area (Å²) in [4.78, 5) is 13.6. The molecule has 20 heavy (non-hydrogen) atoms. The molecule has 1 N–H and O–H groups in total. The Morgan fingerprint density at radius 3 is 2.80 bits per heavy atom. The van der Waals surface area contributed by atoms with Crippen LogP contribution in [-0.4, -0.2) is 21.5 Å². The maximum atomic E-state index is 4.65. The average Bonchev–Trinajstić information content (AvgIpc) is 2.47. The van der Waals surface area contributed by atoms with E-state index in [1.165, 1.54) is 5.56 Å². The number of nitrogens with zero attached hydrogens (tertiary/aromatic N) is 3. The summed E-state index contributed by atoms with van der Waals surface area (Å²) < 4.78 is 0. The van der Waals surface area contributed by atoms with Gasteiger partial charge in [-0.3, -0.25) is 4.98 Å². The van der Waals surface area contributed by atoms with Crippen molar-refractivity contribution < 1.29 is 0 Å². The average molecular weight is 270 g/mol. The Morgan fingerprint density at radius 1 is 1.20 bits per heavy atom. The SMILES string of the molecule is CCCNCc1cc(C)nc(-c2ncccc2CC)n1. The first-order valence-electron chi connectivity index (χ1n) is 7.24. The monoisotopic (exact) mass is 270 g/mol. The van der Waals surface area contributed by atoms with Crippen LogP contribution in [0.3, 0.4) is 0 Å². The normalized spacial score (nSPS) is 10.8. The van der Waals surface area contributed by atoms with E-state index in [0.29, 0.717) is 0 Å². The molecule has 2 aromatic rings. The fraction of sp³-hybridized carbons (Fsp3) is 0.438. The van der Waals surface area contributed by atoms with Crippen molar-refractivity contribution in [3.63, 3.8) is 0 Å². The summed E-state index contributed by atoms with van der Waals surface area (Å²) in [6.07, 6.45) is 3.86. The smallest absolute Gasteiger partial charge is 0.178 e. The Balaban J connectivity index is 2.31. The Bertz CT molecular complexity index is 566. The van der Waals surface area contributed by atoms with Crippen LogP contribution in [0.5, 0.6) is 0 Å². The second-order valence-corrected chi connectivity index (χ2v) is 4.87. The summed E-state index contributed by atoms with van der Waals surface area (Å²) >= 11 is 0. The molecular weight excluding hydrogens is 248 g/mol. The van der Waals surface area contributed by atoms with Gasteiger partial charge in [-0.05, 0) is 44.0 Å². The van der Waals surface area contributed by atoms with E-state index in [2.05, 4.69) is 40.2 Å². The standard InChI is InChI=1S/C16H22N4/c1-4-8-17-11-14-10-12(3)19-16(20-14)15-13(5-2)7-6-9-18-15/h6-7,9-10,17H,4-5,8,11H2,1-3H3. The minimum Gasteiger partial charge on any atom is -0.311 e. The van der Waals surface area contributed by atoms with E-state index < -0.39 is 0 Å². The first-order valence-corrected chi connectivity index (χ1v) is 7.24. The number of aryl methyl sites for hydroxylation is 2. The lowest BCUT2D eigenvalue weighted by Crippen LogP contribution is -2.15. The molecule has 0 fully saturated rings. The van der Waals surface area contributed by atoms with Crippen LogP contribution >= 0.6 is 0 Å². The largest absolute Gasteiger partial charge is 0.311 e. The summed E-state index contributed by atoms with van der Waals surface area (Å²) in [5.41, 5.74) is 4.09. The predicted molar refractivity (Wildman–Crippen MR) is 81.4 cm³/mol. The van der Waals surface area contributed by atoms with Crippen LogP contribution in [0.25, 0.3) is 11.5 Å². The van der Waals surface area contributed by atoms with Gasteiger partial charge in [-0.2, -0.15) is 0 Å². The summed E-state index contributed by atoms with van der Waals surface area (Å²) in [6, 6.07) is 6.07. The highest BCUT2D eigenvalue weighted by Crippen LogP contribution is 2.18. The maximum Gasteiger partial charge on any atom is 0.178 e. The summed E-state index contributed by atoms with van der Waals surface area (Å²) in [6.45, 7) is 8.06. The maximum absolute atomic E-state index is 4.65. The van der Waals surface area contributed by atoms with Crippen molar-refractivity contribution in [3.8, 4) is 11.5 Å². The number of rotatable bonds is 6. The van der Waals surface area contributed by atoms with Gasteiger partial charge in [-0.25, -0.2) is 9.97 Å². The molecule has 0 amide bonds. The highest BCUT2D eigenvalue weighted by Gasteiger charge is 2.10. The summed E-state index contributed by atoms with van der Waals surface area (Å²) in [5.74, 6) is 0.732. The fourth-order valence-electron chi connectivity index (χ4n) is 2.15. The molecule has 0 bridgehead atoms. The molecule has 4 nitrogen and oxygen atoms in total. The molecule has 0 saturated carbocycles. The Labute approximate surface area is 120 Å². The van der Waals surface area contributed by atoms with Crippen LogP contribution in [0.15, 0.2) is 24.4 Å². The van der Waals surface area contributed by atoms with Gasteiger partial charge in [-0.15, -0.1) is 0 Å². The van der Waals surface area contributed by atoms with Crippen LogP contribution in [0.2, 0.25) is 0 Å². The zero-order valence-electron chi connectivity index (χ0n) is 12.5. The molecule has 106 valence electrons. The van der Waals surface area contributed by atoms with Gasteiger partial charge in [-0.1, -0.05) is 19.9 Å². The molecule has 2 rings (SSSR count). The molecule has 0 spiro atoms. The molecule has 4 heteroatoms. The highest BCUT2D eigenvalue weighted by atomic mass is 15.0. The van der Waals surface area contributed by atoms with E-state index in [9.17, 15) is 0 Å². The molecule has 0 aliphatic rings. The van der Waals surface area contributed by atoms with E-state index in [1.54, 1.807) is 6.20 Å². The van der Waals surface area contributed by atoms with Crippen LogP contribution < -0.4 is 5.32 Å². The second kappa shape index (κ2) is 7.10. The van der Waals surface area contributed by atoms with Gasteiger partial charge in [0.05, 0.1) is 5.69 Å². The lowest BCUT2D eigenvalue weighted by atomic mass is 10.1. The number of nitrogens with one attached hydrogen (secondary N) is 1. The Kier molecular flexibility index (Phi) is 5.18. The van der Waals surface area contributed by atoms with Gasteiger partial charge >= 0.3 is 0 Å². The number of pyridine rings is 1. The van der Waals surface area contributed by atoms with Crippen LogP contribution in [0.1, 0.15) is 37.2 Å².